The van der Waals surface area contributed by atoms with Crippen LogP contribution in [0.15, 0.2) is 18.3 Å². The van der Waals surface area contributed by atoms with Crippen LogP contribution in [0.4, 0.5) is 5.82 Å². The normalized spacial score (nSPS) is 20.1. The molecule has 142 valence electrons. The minimum absolute atomic E-state index is 0.0660. The predicted molar refractivity (Wildman–Crippen MR) is 100 cm³/mol. The van der Waals surface area contributed by atoms with Gasteiger partial charge < -0.3 is 16.0 Å². The molecule has 0 aliphatic carbocycles. The zero-order valence-electron chi connectivity index (χ0n) is 15.5. The fraction of sp³-hybridized carbons (Fsp3) is 0.632. The Balaban J connectivity index is 1.46. The van der Waals surface area contributed by atoms with Crippen LogP contribution in [0.3, 0.4) is 0 Å². The van der Waals surface area contributed by atoms with Crippen LogP contribution in [0.1, 0.15) is 31.2 Å². The first kappa shape index (κ1) is 18.6. The summed E-state index contributed by atoms with van der Waals surface area (Å²) in [5, 5.41) is 3.06. The van der Waals surface area contributed by atoms with E-state index in [1.54, 1.807) is 0 Å². The summed E-state index contributed by atoms with van der Waals surface area (Å²) in [5.74, 6) is 0.953. The second-order valence-corrected chi connectivity index (χ2v) is 7.35. The Bertz CT molecular complexity index is 635. The molecule has 3 N–H and O–H groups in total. The number of anilines is 1. The Morgan fingerprint density at radius 2 is 1.81 bits per heavy atom. The van der Waals surface area contributed by atoms with Crippen molar-refractivity contribution in [3.05, 3.63) is 23.9 Å². The van der Waals surface area contributed by atoms with Crippen molar-refractivity contribution in [2.45, 2.75) is 32.2 Å². The molecule has 0 unspecified atom stereocenters. The molecule has 1 aromatic rings. The van der Waals surface area contributed by atoms with E-state index < -0.39 is 0 Å². The molecule has 2 aliphatic rings. The highest BCUT2D eigenvalue weighted by Gasteiger charge is 2.31. The lowest BCUT2D eigenvalue weighted by atomic mass is 9.91. The average Bonchev–Trinajstić information content (AvgIpc) is 2.68. The standard InChI is InChI=1S/C19H29N5O2/c1-21-17-12-14(2-7-22-17)13-23-8-3-16(4-9-23)19(26)24-10-5-15(6-11-24)18(20)25/h2,7,12,15-16H,3-6,8-11,13H2,1H3,(H2,20,25)(H,21,22). The summed E-state index contributed by atoms with van der Waals surface area (Å²) in [4.78, 5) is 32.6. The molecule has 7 nitrogen and oxygen atoms in total. The first-order chi connectivity index (χ1) is 12.6. The molecule has 2 fully saturated rings. The third kappa shape index (κ3) is 4.52. The van der Waals surface area contributed by atoms with Crippen molar-refractivity contribution < 1.29 is 9.59 Å². The van der Waals surface area contributed by atoms with Gasteiger partial charge in [0.25, 0.3) is 0 Å². The monoisotopic (exact) mass is 359 g/mol. The minimum atomic E-state index is -0.233. The van der Waals surface area contributed by atoms with Gasteiger partial charge in [-0.15, -0.1) is 0 Å². The van der Waals surface area contributed by atoms with Gasteiger partial charge in [-0.25, -0.2) is 4.98 Å². The number of hydrogen-bond acceptors (Lipinski definition) is 5. The topological polar surface area (TPSA) is 91.6 Å². The highest BCUT2D eigenvalue weighted by atomic mass is 16.2. The lowest BCUT2D eigenvalue weighted by Crippen LogP contribution is -2.46. The molecule has 1 aromatic heterocycles. The van der Waals surface area contributed by atoms with E-state index in [2.05, 4.69) is 21.3 Å². The van der Waals surface area contributed by atoms with Crippen molar-refractivity contribution in [1.82, 2.24) is 14.8 Å². The van der Waals surface area contributed by atoms with E-state index in [4.69, 9.17) is 5.73 Å². The van der Waals surface area contributed by atoms with E-state index in [0.717, 1.165) is 38.3 Å². The fourth-order valence-corrected chi connectivity index (χ4v) is 3.95. The Morgan fingerprint density at radius 3 is 2.42 bits per heavy atom. The van der Waals surface area contributed by atoms with Crippen molar-refractivity contribution in [3.8, 4) is 0 Å². The summed E-state index contributed by atoms with van der Waals surface area (Å²) in [7, 11) is 1.87. The smallest absolute Gasteiger partial charge is 0.225 e. The van der Waals surface area contributed by atoms with Crippen LogP contribution in [0, 0.1) is 11.8 Å². The summed E-state index contributed by atoms with van der Waals surface area (Å²) in [6.07, 6.45) is 5.04. The number of carbonyl (C=O) groups is 2. The summed E-state index contributed by atoms with van der Waals surface area (Å²) in [6.45, 7) is 4.09. The number of amides is 2. The van der Waals surface area contributed by atoms with Gasteiger partial charge in [0.15, 0.2) is 0 Å². The van der Waals surface area contributed by atoms with Crippen molar-refractivity contribution in [3.63, 3.8) is 0 Å². The number of pyridine rings is 1. The molecule has 2 amide bonds. The third-order valence-corrected chi connectivity index (χ3v) is 5.63. The Hall–Kier alpha value is -2.15. The second kappa shape index (κ2) is 8.49. The van der Waals surface area contributed by atoms with Crippen molar-refractivity contribution >= 4 is 17.6 Å². The van der Waals surface area contributed by atoms with Gasteiger partial charge in [0, 0.05) is 44.7 Å². The molecule has 3 rings (SSSR count). The van der Waals surface area contributed by atoms with Gasteiger partial charge in [0.2, 0.25) is 11.8 Å². The van der Waals surface area contributed by atoms with Crippen LogP contribution >= 0.6 is 0 Å². The molecule has 0 saturated carbocycles. The summed E-state index contributed by atoms with van der Waals surface area (Å²) < 4.78 is 0. The number of piperidine rings is 2. The lowest BCUT2D eigenvalue weighted by molar-refractivity contribution is -0.140. The molecular weight excluding hydrogens is 330 g/mol. The summed E-state index contributed by atoms with van der Waals surface area (Å²) in [5.41, 5.74) is 6.61. The van der Waals surface area contributed by atoms with E-state index in [-0.39, 0.29) is 23.7 Å². The van der Waals surface area contributed by atoms with Gasteiger partial charge in [-0.3, -0.25) is 14.5 Å². The summed E-state index contributed by atoms with van der Waals surface area (Å²) >= 11 is 0. The Kier molecular flexibility index (Phi) is 6.08. The molecule has 7 heteroatoms. The average molecular weight is 359 g/mol. The van der Waals surface area contributed by atoms with Gasteiger partial charge in [-0.05, 0) is 56.5 Å². The predicted octanol–water partition coefficient (Wildman–Crippen LogP) is 1.06. The summed E-state index contributed by atoms with van der Waals surface area (Å²) in [6, 6.07) is 4.11. The molecule has 2 aliphatic heterocycles. The van der Waals surface area contributed by atoms with Crippen molar-refractivity contribution in [1.29, 1.82) is 0 Å². The first-order valence-electron chi connectivity index (χ1n) is 9.50. The molecule has 2 saturated heterocycles. The van der Waals surface area contributed by atoms with Gasteiger partial charge in [0.05, 0.1) is 0 Å². The molecular formula is C19H29N5O2. The molecule has 3 heterocycles. The second-order valence-electron chi connectivity index (χ2n) is 7.35. The minimum Gasteiger partial charge on any atom is -0.373 e. The van der Waals surface area contributed by atoms with Gasteiger partial charge in [-0.2, -0.15) is 0 Å². The van der Waals surface area contributed by atoms with Crippen LogP contribution in [-0.2, 0) is 16.1 Å². The number of aromatic nitrogens is 1. The molecule has 26 heavy (non-hydrogen) atoms. The third-order valence-electron chi connectivity index (χ3n) is 5.63. The van der Waals surface area contributed by atoms with E-state index in [1.165, 1.54) is 5.56 Å². The van der Waals surface area contributed by atoms with E-state index >= 15 is 0 Å². The fourth-order valence-electron chi connectivity index (χ4n) is 3.95. The SMILES string of the molecule is CNc1cc(CN2CCC(C(=O)N3CCC(C(N)=O)CC3)CC2)ccn1. The lowest BCUT2D eigenvalue weighted by Gasteiger charge is -2.36. The van der Waals surface area contributed by atoms with Crippen molar-refractivity contribution in [2.24, 2.45) is 17.6 Å². The van der Waals surface area contributed by atoms with Crippen LogP contribution in [-0.4, -0.2) is 59.8 Å². The number of nitrogens with one attached hydrogen (secondary N) is 1. The van der Waals surface area contributed by atoms with Crippen LogP contribution in [0.2, 0.25) is 0 Å². The van der Waals surface area contributed by atoms with Crippen LogP contribution < -0.4 is 11.1 Å². The number of rotatable bonds is 5. The number of likely N-dealkylation sites (tertiary alicyclic amines) is 2. The van der Waals surface area contributed by atoms with Crippen LogP contribution in [0.5, 0.6) is 0 Å². The Morgan fingerprint density at radius 1 is 1.15 bits per heavy atom. The molecule has 0 aromatic carbocycles. The number of hydrogen-bond donors (Lipinski definition) is 2. The van der Waals surface area contributed by atoms with Crippen molar-refractivity contribution in [2.75, 3.05) is 38.5 Å². The molecule has 0 spiro atoms. The zero-order valence-corrected chi connectivity index (χ0v) is 15.5. The van der Waals surface area contributed by atoms with Gasteiger partial charge in [-0.1, -0.05) is 0 Å². The maximum absolute atomic E-state index is 12.8. The first-order valence-corrected chi connectivity index (χ1v) is 9.50. The van der Waals surface area contributed by atoms with Crippen LogP contribution in [0.25, 0.3) is 0 Å². The maximum atomic E-state index is 12.8. The molecule has 0 radical (unpaired) electrons. The van der Waals surface area contributed by atoms with E-state index in [0.29, 0.717) is 25.9 Å². The zero-order chi connectivity index (χ0) is 18.5. The number of nitrogens with two attached hydrogens (primary N) is 1. The van der Waals surface area contributed by atoms with Gasteiger partial charge in [0.1, 0.15) is 5.82 Å². The Labute approximate surface area is 154 Å². The van der Waals surface area contributed by atoms with E-state index in [1.807, 2.05) is 24.2 Å². The molecule has 0 atom stereocenters. The number of carbonyl (C=O) groups excluding carboxylic acids is 2. The largest absolute Gasteiger partial charge is 0.373 e. The van der Waals surface area contributed by atoms with E-state index in [9.17, 15) is 9.59 Å². The maximum Gasteiger partial charge on any atom is 0.225 e. The quantitative estimate of drug-likeness (QED) is 0.820. The van der Waals surface area contributed by atoms with Gasteiger partial charge >= 0.3 is 0 Å². The number of nitrogens with zero attached hydrogens (tertiary/aromatic N) is 3. The molecule has 0 bridgehead atoms. The highest BCUT2D eigenvalue weighted by Crippen LogP contribution is 2.24. The number of primary amides is 1. The highest BCUT2D eigenvalue weighted by molar-refractivity contribution is 5.80.